The first-order chi connectivity index (χ1) is 8.81. The van der Waals surface area contributed by atoms with Crippen LogP contribution in [0.25, 0.3) is 0 Å². The summed E-state index contributed by atoms with van der Waals surface area (Å²) in [4.78, 5) is 0. The van der Waals surface area contributed by atoms with E-state index in [0.29, 0.717) is 17.3 Å². The van der Waals surface area contributed by atoms with Gasteiger partial charge in [0.2, 0.25) is 0 Å². The average Bonchev–Trinajstić information content (AvgIpc) is 2.38. The van der Waals surface area contributed by atoms with Crippen molar-refractivity contribution in [2.75, 3.05) is 5.75 Å². The maximum Gasteiger partial charge on any atom is 0.0501 e. The highest BCUT2D eigenvalue weighted by Crippen LogP contribution is 2.41. The SMILES string of the molecule is CCC(C)CS(=O)C1CC(C(C)(C)CC)CCC1N. The molecule has 5 unspecified atom stereocenters. The monoisotopic (exact) mass is 287 g/mol. The van der Waals surface area contributed by atoms with Gasteiger partial charge >= 0.3 is 0 Å². The van der Waals surface area contributed by atoms with Crippen molar-refractivity contribution in [2.45, 2.75) is 78.0 Å². The van der Waals surface area contributed by atoms with E-state index >= 15 is 0 Å². The van der Waals surface area contributed by atoms with Crippen molar-refractivity contribution in [3.8, 4) is 0 Å². The summed E-state index contributed by atoms with van der Waals surface area (Å²) in [6.07, 6.45) is 5.62. The van der Waals surface area contributed by atoms with Crippen LogP contribution in [-0.4, -0.2) is 21.3 Å². The fraction of sp³-hybridized carbons (Fsp3) is 1.00. The van der Waals surface area contributed by atoms with Gasteiger partial charge in [-0.25, -0.2) is 0 Å². The van der Waals surface area contributed by atoms with Gasteiger partial charge in [0.25, 0.3) is 0 Å². The molecule has 0 saturated heterocycles. The molecule has 1 aliphatic carbocycles. The Balaban J connectivity index is 2.68. The highest BCUT2D eigenvalue weighted by molar-refractivity contribution is 7.85. The molecule has 0 aliphatic heterocycles. The third kappa shape index (κ3) is 4.56. The van der Waals surface area contributed by atoms with Gasteiger partial charge in [-0.3, -0.25) is 4.21 Å². The molecule has 2 nitrogen and oxygen atoms in total. The van der Waals surface area contributed by atoms with Crippen molar-refractivity contribution >= 4 is 10.8 Å². The summed E-state index contributed by atoms with van der Waals surface area (Å²) in [5.74, 6) is 2.06. The van der Waals surface area contributed by atoms with E-state index in [4.69, 9.17) is 5.73 Å². The zero-order chi connectivity index (χ0) is 14.6. The van der Waals surface area contributed by atoms with Crippen molar-refractivity contribution in [1.82, 2.24) is 0 Å². The molecule has 0 aromatic rings. The van der Waals surface area contributed by atoms with E-state index in [0.717, 1.165) is 25.0 Å². The highest BCUT2D eigenvalue weighted by Gasteiger charge is 2.38. The zero-order valence-electron chi connectivity index (χ0n) is 13.4. The number of hydrogen-bond donors (Lipinski definition) is 1. The van der Waals surface area contributed by atoms with Crippen LogP contribution in [0.4, 0.5) is 0 Å². The predicted molar refractivity (Wildman–Crippen MR) is 85.6 cm³/mol. The lowest BCUT2D eigenvalue weighted by Gasteiger charge is -2.41. The Hall–Kier alpha value is 0.110. The summed E-state index contributed by atoms with van der Waals surface area (Å²) < 4.78 is 12.6. The first kappa shape index (κ1) is 17.2. The van der Waals surface area contributed by atoms with Gasteiger partial charge in [-0.2, -0.15) is 0 Å². The second-order valence-corrected chi connectivity index (χ2v) is 8.82. The predicted octanol–water partition coefficient (Wildman–Crippen LogP) is 3.71. The third-order valence-corrected chi connectivity index (χ3v) is 7.46. The van der Waals surface area contributed by atoms with Gasteiger partial charge < -0.3 is 5.73 Å². The Morgan fingerprint density at radius 2 is 1.95 bits per heavy atom. The van der Waals surface area contributed by atoms with Crippen LogP contribution >= 0.6 is 0 Å². The number of rotatable bonds is 6. The Bertz CT molecular complexity index is 303. The Morgan fingerprint density at radius 3 is 2.47 bits per heavy atom. The summed E-state index contributed by atoms with van der Waals surface area (Å²) in [7, 11) is -0.749. The van der Waals surface area contributed by atoms with Crippen LogP contribution in [0.15, 0.2) is 0 Å². The Morgan fingerprint density at radius 1 is 1.32 bits per heavy atom. The highest BCUT2D eigenvalue weighted by atomic mass is 32.2. The number of nitrogens with two attached hydrogens (primary N) is 1. The molecule has 0 bridgehead atoms. The molecule has 0 heterocycles. The topological polar surface area (TPSA) is 43.1 Å². The second-order valence-electron chi connectivity index (χ2n) is 7.12. The summed E-state index contributed by atoms with van der Waals surface area (Å²) in [6, 6.07) is 0.147. The number of hydrogen-bond acceptors (Lipinski definition) is 2. The van der Waals surface area contributed by atoms with Crippen LogP contribution in [0.2, 0.25) is 0 Å². The first-order valence-corrected chi connectivity index (χ1v) is 9.32. The molecule has 0 radical (unpaired) electrons. The minimum Gasteiger partial charge on any atom is -0.327 e. The molecule has 0 aromatic carbocycles. The molecule has 0 spiro atoms. The molecule has 0 amide bonds. The Labute approximate surface area is 122 Å². The van der Waals surface area contributed by atoms with Crippen molar-refractivity contribution in [3.05, 3.63) is 0 Å². The van der Waals surface area contributed by atoms with Crippen molar-refractivity contribution < 1.29 is 4.21 Å². The quantitative estimate of drug-likeness (QED) is 0.809. The van der Waals surface area contributed by atoms with Crippen LogP contribution in [0.1, 0.15) is 66.7 Å². The largest absolute Gasteiger partial charge is 0.327 e. The van der Waals surface area contributed by atoms with Crippen LogP contribution < -0.4 is 5.73 Å². The van der Waals surface area contributed by atoms with E-state index in [2.05, 4.69) is 34.6 Å². The lowest BCUT2D eigenvalue weighted by Crippen LogP contribution is -2.46. The molecule has 1 fully saturated rings. The van der Waals surface area contributed by atoms with E-state index in [-0.39, 0.29) is 11.3 Å². The molecule has 1 saturated carbocycles. The fourth-order valence-corrected chi connectivity index (χ4v) is 4.99. The van der Waals surface area contributed by atoms with Crippen LogP contribution in [-0.2, 0) is 10.8 Å². The van der Waals surface area contributed by atoms with Gasteiger partial charge in [0, 0.05) is 22.6 Å². The first-order valence-electron chi connectivity index (χ1n) is 7.94. The third-order valence-electron chi connectivity index (χ3n) is 5.34. The normalized spacial score (nSPS) is 32.0. The molecule has 114 valence electrons. The van der Waals surface area contributed by atoms with Crippen LogP contribution in [0, 0.1) is 17.3 Å². The summed E-state index contributed by atoms with van der Waals surface area (Å²) in [5, 5.41) is 0.221. The molecular formula is C16H33NOS. The lowest BCUT2D eigenvalue weighted by molar-refractivity contribution is 0.147. The van der Waals surface area contributed by atoms with Crippen molar-refractivity contribution in [2.24, 2.45) is 23.0 Å². The van der Waals surface area contributed by atoms with Gasteiger partial charge in [-0.05, 0) is 36.5 Å². The van der Waals surface area contributed by atoms with Crippen molar-refractivity contribution in [3.63, 3.8) is 0 Å². The molecule has 5 atom stereocenters. The average molecular weight is 288 g/mol. The molecule has 1 rings (SSSR count). The van der Waals surface area contributed by atoms with Gasteiger partial charge in [0.05, 0.1) is 5.25 Å². The van der Waals surface area contributed by atoms with E-state index in [1.54, 1.807) is 0 Å². The standard InChI is InChI=1S/C16H33NOS/c1-6-12(3)11-19(18)15-10-13(8-9-14(15)17)16(4,5)7-2/h12-15H,6-11,17H2,1-5H3. The molecule has 3 heteroatoms. The molecule has 1 aliphatic rings. The summed E-state index contributed by atoms with van der Waals surface area (Å²) in [5.41, 5.74) is 6.61. The maximum atomic E-state index is 12.6. The molecular weight excluding hydrogens is 254 g/mol. The van der Waals surface area contributed by atoms with Gasteiger partial charge in [0.1, 0.15) is 0 Å². The van der Waals surface area contributed by atoms with E-state index in [1.165, 1.54) is 12.8 Å². The van der Waals surface area contributed by atoms with Gasteiger partial charge in [-0.15, -0.1) is 0 Å². The minimum atomic E-state index is -0.749. The van der Waals surface area contributed by atoms with Gasteiger partial charge in [0.15, 0.2) is 0 Å². The van der Waals surface area contributed by atoms with Gasteiger partial charge in [-0.1, -0.05) is 47.5 Å². The Kier molecular flexibility index (Phi) is 6.52. The van der Waals surface area contributed by atoms with E-state index in [9.17, 15) is 4.21 Å². The van der Waals surface area contributed by atoms with Crippen molar-refractivity contribution in [1.29, 1.82) is 0 Å². The smallest absolute Gasteiger partial charge is 0.0501 e. The van der Waals surface area contributed by atoms with E-state index < -0.39 is 10.8 Å². The zero-order valence-corrected chi connectivity index (χ0v) is 14.3. The maximum absolute atomic E-state index is 12.6. The minimum absolute atomic E-state index is 0.147. The fourth-order valence-electron chi connectivity index (χ4n) is 2.98. The molecule has 2 N–H and O–H groups in total. The molecule has 19 heavy (non-hydrogen) atoms. The second kappa shape index (κ2) is 7.21. The lowest BCUT2D eigenvalue weighted by atomic mass is 9.69. The van der Waals surface area contributed by atoms with Crippen LogP contribution in [0.3, 0.4) is 0 Å². The van der Waals surface area contributed by atoms with Crippen LogP contribution in [0.5, 0.6) is 0 Å². The summed E-state index contributed by atoms with van der Waals surface area (Å²) in [6.45, 7) is 11.3. The summed E-state index contributed by atoms with van der Waals surface area (Å²) >= 11 is 0. The van der Waals surface area contributed by atoms with E-state index in [1.807, 2.05) is 0 Å². The molecule has 0 aromatic heterocycles.